The number of nitrogens with one attached hydrogen (secondary N) is 1. The second-order valence-corrected chi connectivity index (χ2v) is 3.87. The van der Waals surface area contributed by atoms with Gasteiger partial charge in [-0.1, -0.05) is 0 Å². The highest BCUT2D eigenvalue weighted by molar-refractivity contribution is 14.1. The molecular weight excluding hydrogens is 217 g/mol. The second-order valence-electron chi connectivity index (χ2n) is 0.849. The third kappa shape index (κ3) is 4.64. The van der Waals surface area contributed by atoms with E-state index in [4.69, 9.17) is 0 Å². The molecule has 0 aliphatic rings. The molecule has 0 saturated carbocycles. The van der Waals surface area contributed by atoms with Crippen LogP contribution < -0.4 is 2.94 Å². The van der Waals surface area contributed by atoms with E-state index < -0.39 is 10.0 Å². The summed E-state index contributed by atoms with van der Waals surface area (Å²) in [6, 6.07) is 0. The van der Waals surface area contributed by atoms with E-state index >= 15 is 0 Å². The van der Waals surface area contributed by atoms with Crippen LogP contribution in [0.1, 0.15) is 0 Å². The lowest BCUT2D eigenvalue weighted by Gasteiger charge is -1.82. The molecule has 0 aromatic heterocycles. The van der Waals surface area contributed by atoms with Crippen LogP contribution in [0.3, 0.4) is 0 Å². The number of halogens is 1. The molecule has 0 spiro atoms. The van der Waals surface area contributed by atoms with Crippen LogP contribution in [0, 0.1) is 0 Å². The zero-order valence-electron chi connectivity index (χ0n) is 3.10. The minimum Gasteiger partial charge on any atom is -0.212 e. The van der Waals surface area contributed by atoms with Crippen LogP contribution in [-0.4, -0.2) is 14.7 Å². The van der Waals surface area contributed by atoms with E-state index in [1.807, 2.05) is 2.94 Å². The van der Waals surface area contributed by atoms with Gasteiger partial charge in [-0.15, -0.1) is 0 Å². The molecule has 0 aliphatic carbocycles. The molecule has 0 aromatic rings. The van der Waals surface area contributed by atoms with Crippen molar-refractivity contribution >= 4 is 32.9 Å². The standard InChI is InChI=1S/CH4INO2S/c1-6(4,5)3-2/h3H,1H3. The lowest BCUT2D eigenvalue weighted by atomic mass is 12.0. The van der Waals surface area contributed by atoms with Gasteiger partial charge in [0.2, 0.25) is 10.0 Å². The Balaban J connectivity index is 3.85. The van der Waals surface area contributed by atoms with Crippen molar-refractivity contribution in [1.29, 1.82) is 0 Å². The fraction of sp³-hybridized carbons (Fsp3) is 1.00. The number of hydrogen-bond acceptors (Lipinski definition) is 2. The van der Waals surface area contributed by atoms with Gasteiger partial charge in [0, 0.05) is 22.9 Å². The van der Waals surface area contributed by atoms with Gasteiger partial charge in [-0.25, -0.2) is 8.42 Å². The summed E-state index contributed by atoms with van der Waals surface area (Å²) in [6.07, 6.45) is 1.10. The predicted molar refractivity (Wildman–Crippen MR) is 32.0 cm³/mol. The van der Waals surface area contributed by atoms with Crippen molar-refractivity contribution in [3.05, 3.63) is 0 Å². The third-order valence-corrected chi connectivity index (χ3v) is 2.82. The molecule has 0 saturated heterocycles. The molecule has 0 atom stereocenters. The van der Waals surface area contributed by atoms with Crippen LogP contribution in [-0.2, 0) is 10.0 Å². The Hall–Kier alpha value is 0.640. The molecule has 0 unspecified atom stereocenters. The van der Waals surface area contributed by atoms with E-state index in [-0.39, 0.29) is 0 Å². The summed E-state index contributed by atoms with van der Waals surface area (Å²) in [6.45, 7) is 0. The topological polar surface area (TPSA) is 46.2 Å². The molecule has 38 valence electrons. The predicted octanol–water partition coefficient (Wildman–Crippen LogP) is -0.114. The van der Waals surface area contributed by atoms with Crippen LogP contribution in [0.15, 0.2) is 0 Å². The van der Waals surface area contributed by atoms with E-state index in [0.29, 0.717) is 0 Å². The molecule has 0 amide bonds. The van der Waals surface area contributed by atoms with Gasteiger partial charge in [-0.05, 0) is 0 Å². The Morgan fingerprint density at radius 3 is 1.83 bits per heavy atom. The Kier molecular flexibility index (Phi) is 2.30. The molecule has 0 aliphatic heterocycles. The Morgan fingerprint density at radius 1 is 1.67 bits per heavy atom. The van der Waals surface area contributed by atoms with Gasteiger partial charge in [-0.2, -0.15) is 2.94 Å². The van der Waals surface area contributed by atoms with Crippen LogP contribution in [0.25, 0.3) is 0 Å². The molecule has 5 heteroatoms. The van der Waals surface area contributed by atoms with Crippen LogP contribution in [0.2, 0.25) is 0 Å². The summed E-state index contributed by atoms with van der Waals surface area (Å²) in [5.74, 6) is 0. The fourth-order valence-corrected chi connectivity index (χ4v) is 0. The van der Waals surface area contributed by atoms with Gasteiger partial charge >= 0.3 is 0 Å². The molecule has 0 rings (SSSR count). The maximum atomic E-state index is 9.88. The Bertz CT molecular complexity index is 116. The first kappa shape index (κ1) is 6.64. The average Bonchev–Trinajstić information content (AvgIpc) is 1.35. The summed E-state index contributed by atoms with van der Waals surface area (Å²) in [5, 5.41) is 0. The zero-order chi connectivity index (χ0) is 5.21. The molecule has 1 N–H and O–H groups in total. The number of rotatable bonds is 1. The molecule has 0 fully saturated rings. The quantitative estimate of drug-likeness (QED) is 0.495. The van der Waals surface area contributed by atoms with Gasteiger partial charge in [0.1, 0.15) is 0 Å². The lowest BCUT2D eigenvalue weighted by molar-refractivity contribution is 0.601. The van der Waals surface area contributed by atoms with Crippen molar-refractivity contribution in [3.8, 4) is 0 Å². The van der Waals surface area contributed by atoms with Crippen molar-refractivity contribution in [2.75, 3.05) is 6.26 Å². The molecule has 0 heterocycles. The van der Waals surface area contributed by atoms with E-state index in [1.54, 1.807) is 22.9 Å². The van der Waals surface area contributed by atoms with Crippen LogP contribution in [0.5, 0.6) is 0 Å². The lowest BCUT2D eigenvalue weighted by Crippen LogP contribution is -2.08. The summed E-state index contributed by atoms with van der Waals surface area (Å²) >= 11 is 1.56. The summed E-state index contributed by atoms with van der Waals surface area (Å²) < 4.78 is 21.8. The molecule has 0 bridgehead atoms. The van der Waals surface area contributed by atoms with Crippen molar-refractivity contribution in [3.63, 3.8) is 0 Å². The highest BCUT2D eigenvalue weighted by Crippen LogP contribution is 1.75. The maximum Gasteiger partial charge on any atom is 0.217 e. The molecular formula is CH4INO2S. The Labute approximate surface area is 50.7 Å². The van der Waals surface area contributed by atoms with Crippen molar-refractivity contribution in [2.24, 2.45) is 0 Å². The van der Waals surface area contributed by atoms with E-state index in [1.165, 1.54) is 0 Å². The average molecular weight is 221 g/mol. The number of sulfonamides is 1. The normalized spacial score (nSPS) is 11.7. The fourth-order valence-electron chi connectivity index (χ4n) is 0. The van der Waals surface area contributed by atoms with Gasteiger partial charge in [-0.3, -0.25) is 0 Å². The van der Waals surface area contributed by atoms with E-state index in [0.717, 1.165) is 6.26 Å². The third-order valence-electron chi connectivity index (χ3n) is 0.140. The second kappa shape index (κ2) is 2.08. The number of hydrogen-bond donors (Lipinski definition) is 1. The minimum atomic E-state index is -2.93. The maximum absolute atomic E-state index is 9.88. The first-order chi connectivity index (χ1) is 2.56. The van der Waals surface area contributed by atoms with Gasteiger partial charge in [0.25, 0.3) is 0 Å². The first-order valence-electron chi connectivity index (χ1n) is 1.13. The largest absolute Gasteiger partial charge is 0.217 e. The summed E-state index contributed by atoms with van der Waals surface area (Å²) in [7, 11) is -2.93. The highest BCUT2D eigenvalue weighted by atomic mass is 127. The van der Waals surface area contributed by atoms with Gasteiger partial charge < -0.3 is 0 Å². The summed E-state index contributed by atoms with van der Waals surface area (Å²) in [5.41, 5.74) is 0. The SMILES string of the molecule is CS(=O)(=O)NI. The molecule has 3 nitrogen and oxygen atoms in total. The van der Waals surface area contributed by atoms with Crippen LogP contribution in [0.4, 0.5) is 0 Å². The van der Waals surface area contributed by atoms with Gasteiger partial charge in [0.05, 0.1) is 6.26 Å². The highest BCUT2D eigenvalue weighted by Gasteiger charge is 1.90. The smallest absolute Gasteiger partial charge is 0.212 e. The summed E-state index contributed by atoms with van der Waals surface area (Å²) in [4.78, 5) is 0. The molecule has 6 heavy (non-hydrogen) atoms. The van der Waals surface area contributed by atoms with E-state index in [2.05, 4.69) is 0 Å². The minimum absolute atomic E-state index is 1.10. The monoisotopic (exact) mass is 221 g/mol. The van der Waals surface area contributed by atoms with Crippen molar-refractivity contribution < 1.29 is 8.42 Å². The zero-order valence-corrected chi connectivity index (χ0v) is 6.08. The van der Waals surface area contributed by atoms with Gasteiger partial charge in [0.15, 0.2) is 0 Å². The first-order valence-corrected chi connectivity index (χ1v) is 4.10. The van der Waals surface area contributed by atoms with E-state index in [9.17, 15) is 8.42 Å². The van der Waals surface area contributed by atoms with Crippen molar-refractivity contribution in [1.82, 2.24) is 2.94 Å². The molecule has 0 radical (unpaired) electrons. The van der Waals surface area contributed by atoms with Crippen LogP contribution >= 0.6 is 22.9 Å². The van der Waals surface area contributed by atoms with Crippen molar-refractivity contribution in [2.45, 2.75) is 0 Å². The molecule has 0 aromatic carbocycles. The Morgan fingerprint density at radius 2 is 1.83 bits per heavy atom.